The van der Waals surface area contributed by atoms with Crippen molar-refractivity contribution in [2.45, 2.75) is 6.42 Å². The van der Waals surface area contributed by atoms with E-state index in [1.54, 1.807) is 11.8 Å². The molecule has 2 heterocycles. The number of fused-ring (bicyclic) bond motifs is 1. The number of hydrazone groups is 1. The van der Waals surface area contributed by atoms with Crippen molar-refractivity contribution >= 4 is 29.1 Å². The van der Waals surface area contributed by atoms with Gasteiger partial charge in [-0.05, 0) is 17.7 Å². The van der Waals surface area contributed by atoms with E-state index < -0.39 is 5.41 Å². The van der Waals surface area contributed by atoms with Crippen LogP contribution in [0, 0.1) is 5.41 Å². The van der Waals surface area contributed by atoms with E-state index in [0.29, 0.717) is 12.2 Å². The molecule has 5 heteroatoms. The SMILES string of the molecule is COC(=O)C12CSCC=C1N(c1ccccc1)N=C(c1ccccc1)C2. The summed E-state index contributed by atoms with van der Waals surface area (Å²) in [6, 6.07) is 20.0. The van der Waals surface area contributed by atoms with Crippen molar-refractivity contribution in [3.63, 3.8) is 0 Å². The second-order valence-corrected chi connectivity index (χ2v) is 7.45. The number of ether oxygens (including phenoxy) is 1. The summed E-state index contributed by atoms with van der Waals surface area (Å²) in [6.45, 7) is 0. The Morgan fingerprint density at radius 3 is 2.50 bits per heavy atom. The molecule has 0 spiro atoms. The third kappa shape index (κ3) is 2.82. The lowest BCUT2D eigenvalue weighted by molar-refractivity contribution is -0.149. The third-order valence-corrected chi connectivity index (χ3v) is 5.93. The number of hydrogen-bond acceptors (Lipinski definition) is 5. The number of methoxy groups -OCH3 is 1. The Balaban J connectivity index is 1.90. The van der Waals surface area contributed by atoms with Crippen molar-refractivity contribution in [1.29, 1.82) is 0 Å². The fourth-order valence-corrected chi connectivity index (χ4v) is 4.66. The van der Waals surface area contributed by atoms with Crippen molar-refractivity contribution in [3.05, 3.63) is 78.0 Å². The van der Waals surface area contributed by atoms with Crippen LogP contribution in [0.2, 0.25) is 0 Å². The van der Waals surface area contributed by atoms with Crippen molar-refractivity contribution in [2.75, 3.05) is 23.6 Å². The number of thioether (sulfide) groups is 1. The lowest BCUT2D eigenvalue weighted by atomic mass is 9.77. The number of hydrogen-bond donors (Lipinski definition) is 0. The molecule has 0 saturated carbocycles. The van der Waals surface area contributed by atoms with Crippen LogP contribution in [0.4, 0.5) is 5.69 Å². The summed E-state index contributed by atoms with van der Waals surface area (Å²) >= 11 is 1.76. The molecule has 26 heavy (non-hydrogen) atoms. The summed E-state index contributed by atoms with van der Waals surface area (Å²) in [7, 11) is 1.47. The zero-order valence-electron chi connectivity index (χ0n) is 14.6. The van der Waals surface area contributed by atoms with Crippen LogP contribution in [0.3, 0.4) is 0 Å². The molecule has 0 fully saturated rings. The van der Waals surface area contributed by atoms with E-state index in [4.69, 9.17) is 9.84 Å². The normalized spacial score (nSPS) is 22.1. The van der Waals surface area contributed by atoms with Crippen LogP contribution in [-0.4, -0.2) is 30.3 Å². The maximum Gasteiger partial charge on any atom is 0.319 e. The van der Waals surface area contributed by atoms with E-state index in [-0.39, 0.29) is 5.97 Å². The number of benzene rings is 2. The van der Waals surface area contributed by atoms with Crippen LogP contribution >= 0.6 is 11.8 Å². The molecule has 132 valence electrons. The Kier molecular flexibility index (Phi) is 4.55. The average Bonchev–Trinajstić information content (AvgIpc) is 2.73. The second kappa shape index (κ2) is 7.00. The van der Waals surface area contributed by atoms with Gasteiger partial charge in [-0.3, -0.25) is 4.79 Å². The zero-order valence-corrected chi connectivity index (χ0v) is 15.4. The molecule has 0 amide bonds. The van der Waals surface area contributed by atoms with Gasteiger partial charge in [0, 0.05) is 17.9 Å². The van der Waals surface area contributed by atoms with Crippen molar-refractivity contribution in [1.82, 2.24) is 0 Å². The summed E-state index contributed by atoms with van der Waals surface area (Å²) < 4.78 is 5.24. The Hall–Kier alpha value is -2.53. The number of rotatable bonds is 3. The van der Waals surface area contributed by atoms with Crippen LogP contribution in [0.1, 0.15) is 12.0 Å². The molecule has 1 unspecified atom stereocenters. The Morgan fingerprint density at radius 2 is 1.81 bits per heavy atom. The highest BCUT2D eigenvalue weighted by Gasteiger charge is 2.50. The molecule has 0 radical (unpaired) electrons. The summed E-state index contributed by atoms with van der Waals surface area (Å²) in [4.78, 5) is 12.9. The smallest absolute Gasteiger partial charge is 0.319 e. The highest BCUT2D eigenvalue weighted by molar-refractivity contribution is 7.99. The minimum atomic E-state index is -0.708. The fraction of sp³-hybridized carbons (Fsp3) is 0.238. The van der Waals surface area contributed by atoms with Gasteiger partial charge in [0.25, 0.3) is 0 Å². The maximum absolute atomic E-state index is 12.9. The van der Waals surface area contributed by atoms with Gasteiger partial charge < -0.3 is 4.74 Å². The van der Waals surface area contributed by atoms with Gasteiger partial charge in [-0.15, -0.1) is 0 Å². The van der Waals surface area contributed by atoms with E-state index in [9.17, 15) is 4.79 Å². The fourth-order valence-electron chi connectivity index (χ4n) is 3.55. The lowest BCUT2D eigenvalue weighted by Crippen LogP contribution is -2.49. The quantitative estimate of drug-likeness (QED) is 0.769. The summed E-state index contributed by atoms with van der Waals surface area (Å²) in [5.41, 5.74) is 3.10. The number of carbonyl (C=O) groups is 1. The minimum absolute atomic E-state index is 0.194. The molecular weight excluding hydrogens is 344 g/mol. The molecule has 0 N–H and O–H groups in total. The summed E-state index contributed by atoms with van der Waals surface area (Å²) in [5.74, 6) is 1.37. The monoisotopic (exact) mass is 364 g/mol. The van der Waals surface area contributed by atoms with Gasteiger partial charge in [-0.1, -0.05) is 54.6 Å². The predicted octanol–water partition coefficient (Wildman–Crippen LogP) is 4.09. The van der Waals surface area contributed by atoms with Crippen molar-refractivity contribution in [2.24, 2.45) is 10.5 Å². The third-order valence-electron chi connectivity index (χ3n) is 4.84. The van der Waals surface area contributed by atoms with Crippen molar-refractivity contribution < 1.29 is 9.53 Å². The molecular formula is C21H20N2O2S. The molecule has 2 aliphatic rings. The van der Waals surface area contributed by atoms with E-state index in [1.165, 1.54) is 7.11 Å². The van der Waals surface area contributed by atoms with Crippen LogP contribution in [0.25, 0.3) is 0 Å². The van der Waals surface area contributed by atoms with Crippen LogP contribution in [-0.2, 0) is 9.53 Å². The van der Waals surface area contributed by atoms with Crippen LogP contribution in [0.5, 0.6) is 0 Å². The summed E-state index contributed by atoms with van der Waals surface area (Å²) in [5, 5.41) is 6.85. The first kappa shape index (κ1) is 16.9. The van der Waals surface area contributed by atoms with Gasteiger partial charge in [-0.2, -0.15) is 16.9 Å². The van der Waals surface area contributed by atoms with Crippen molar-refractivity contribution in [3.8, 4) is 0 Å². The average molecular weight is 364 g/mol. The van der Waals surface area contributed by atoms with Gasteiger partial charge in [0.15, 0.2) is 0 Å². The molecule has 0 aliphatic carbocycles. The molecule has 4 rings (SSSR count). The van der Waals surface area contributed by atoms with Crippen LogP contribution < -0.4 is 5.01 Å². The number of nitrogens with zero attached hydrogens (tertiary/aromatic N) is 2. The molecule has 0 saturated heterocycles. The van der Waals surface area contributed by atoms with Gasteiger partial charge in [0.2, 0.25) is 0 Å². The first-order valence-electron chi connectivity index (χ1n) is 8.59. The zero-order chi connectivity index (χ0) is 18.0. The van der Waals surface area contributed by atoms with Gasteiger partial charge in [0.1, 0.15) is 5.41 Å². The van der Waals surface area contributed by atoms with Gasteiger partial charge in [-0.25, -0.2) is 5.01 Å². The number of esters is 1. The maximum atomic E-state index is 12.9. The van der Waals surface area contributed by atoms with Gasteiger partial charge >= 0.3 is 5.97 Å². The van der Waals surface area contributed by atoms with E-state index in [0.717, 1.165) is 28.4 Å². The predicted molar refractivity (Wildman–Crippen MR) is 106 cm³/mol. The highest BCUT2D eigenvalue weighted by atomic mass is 32.2. The topological polar surface area (TPSA) is 41.9 Å². The molecule has 1 atom stereocenters. The van der Waals surface area contributed by atoms with E-state index in [1.807, 2.05) is 65.7 Å². The first-order chi connectivity index (χ1) is 12.7. The standard InChI is InChI=1S/C21H20N2O2S/c1-25-20(24)21-14-18(16-8-4-2-5-9-16)22-23(17-10-6-3-7-11-17)19(21)12-13-26-15-21/h2-12H,13-15H2,1H3. The number of anilines is 1. The molecule has 0 aromatic heterocycles. The van der Waals surface area contributed by atoms with E-state index in [2.05, 4.69) is 6.08 Å². The molecule has 2 aliphatic heterocycles. The first-order valence-corrected chi connectivity index (χ1v) is 9.75. The Bertz CT molecular complexity index is 864. The van der Waals surface area contributed by atoms with Gasteiger partial charge in [0.05, 0.1) is 24.2 Å². The molecule has 2 aromatic carbocycles. The van der Waals surface area contributed by atoms with E-state index >= 15 is 0 Å². The Labute approximate surface area is 157 Å². The molecule has 4 nitrogen and oxygen atoms in total. The number of carbonyl (C=O) groups excluding carboxylic acids is 1. The minimum Gasteiger partial charge on any atom is -0.468 e. The Morgan fingerprint density at radius 1 is 1.12 bits per heavy atom. The highest BCUT2D eigenvalue weighted by Crippen LogP contribution is 2.47. The largest absolute Gasteiger partial charge is 0.468 e. The second-order valence-electron chi connectivity index (χ2n) is 6.42. The number of para-hydroxylation sites is 1. The molecule has 2 aromatic rings. The lowest BCUT2D eigenvalue weighted by Gasteiger charge is -2.43. The molecule has 0 bridgehead atoms. The van der Waals surface area contributed by atoms with Crippen LogP contribution in [0.15, 0.2) is 77.5 Å². The summed E-state index contributed by atoms with van der Waals surface area (Å²) in [6.07, 6.45) is 2.66.